The summed E-state index contributed by atoms with van der Waals surface area (Å²) >= 11 is 0. The fraction of sp³-hybridized carbons (Fsp3) is 1.00. The third-order valence-corrected chi connectivity index (χ3v) is 2.31. The van der Waals surface area contributed by atoms with Crippen LogP contribution in [0, 0.1) is 11.8 Å². The molecule has 0 nitrogen and oxygen atoms in total. The first-order valence-corrected chi connectivity index (χ1v) is 4.64. The molecule has 1 saturated carbocycles. The Morgan fingerprint density at radius 2 is 1.90 bits per heavy atom. The molecule has 10 heavy (non-hydrogen) atoms. The van der Waals surface area contributed by atoms with Crippen LogP contribution in [0.2, 0.25) is 0 Å². The molecule has 0 spiro atoms. The molecule has 0 aromatic carbocycles. The van der Waals surface area contributed by atoms with Gasteiger partial charge in [0, 0.05) is 1.37 Å². The molecule has 0 aromatic rings. The monoisotopic (exact) mass is 142 g/mol. The first-order valence-electron chi connectivity index (χ1n) is 5.22. The van der Waals surface area contributed by atoms with Gasteiger partial charge in [-0.2, -0.15) is 0 Å². The Morgan fingerprint density at radius 3 is 2.40 bits per heavy atom. The number of rotatable bonds is 2. The van der Waals surface area contributed by atoms with Crippen molar-refractivity contribution in [2.24, 2.45) is 11.8 Å². The highest BCUT2D eigenvalue weighted by Crippen LogP contribution is 2.28. The van der Waals surface area contributed by atoms with Gasteiger partial charge in [-0.15, -0.1) is 0 Å². The Bertz CT molecular complexity index is 103. The summed E-state index contributed by atoms with van der Waals surface area (Å²) in [6.07, 6.45) is 6.97. The van der Waals surface area contributed by atoms with Crippen LogP contribution < -0.4 is 0 Å². The van der Waals surface area contributed by atoms with Crippen LogP contribution in [-0.2, 0) is 0 Å². The van der Waals surface area contributed by atoms with E-state index in [2.05, 4.69) is 13.8 Å². The quantitative estimate of drug-likeness (QED) is 0.552. The smallest absolute Gasteiger partial charge is 0.0272 e. The second-order valence-electron chi connectivity index (χ2n) is 3.83. The van der Waals surface area contributed by atoms with Crippen LogP contribution in [0.15, 0.2) is 0 Å². The van der Waals surface area contributed by atoms with E-state index in [1.54, 1.807) is 0 Å². The maximum Gasteiger partial charge on any atom is 0.0272 e. The van der Waals surface area contributed by atoms with Gasteiger partial charge in [-0.3, -0.25) is 0 Å². The highest BCUT2D eigenvalue weighted by molar-refractivity contribution is 4.66. The van der Waals surface area contributed by atoms with Gasteiger partial charge in [0.15, 0.2) is 0 Å². The molecule has 0 bridgehead atoms. The summed E-state index contributed by atoms with van der Waals surface area (Å²) in [7, 11) is 0. The Hall–Kier alpha value is 0. The standard InChI is InChI=1S/C10H20/c1-9(2)8-10-6-4-3-5-7-10/h9-10H,3-8H2,1-2H3/i8T. The molecule has 1 unspecified atom stereocenters. The lowest BCUT2D eigenvalue weighted by Crippen LogP contribution is -2.08. The minimum absolute atomic E-state index is 0.204. The van der Waals surface area contributed by atoms with Crippen molar-refractivity contribution in [1.82, 2.24) is 0 Å². The number of hydrogen-bond acceptors (Lipinski definition) is 0. The molecule has 0 heterocycles. The van der Waals surface area contributed by atoms with Crippen molar-refractivity contribution in [3.05, 3.63) is 0 Å². The summed E-state index contributed by atoms with van der Waals surface area (Å²) in [5, 5.41) is 0. The zero-order valence-corrected chi connectivity index (χ0v) is 7.27. The van der Waals surface area contributed by atoms with E-state index in [1.165, 1.54) is 32.1 Å². The van der Waals surface area contributed by atoms with Gasteiger partial charge in [-0.1, -0.05) is 46.0 Å². The zero-order valence-electron chi connectivity index (χ0n) is 8.27. The minimum atomic E-state index is 0.204. The van der Waals surface area contributed by atoms with E-state index in [9.17, 15) is 0 Å². The highest BCUT2D eigenvalue weighted by Gasteiger charge is 2.13. The van der Waals surface area contributed by atoms with Gasteiger partial charge < -0.3 is 0 Å². The summed E-state index contributed by atoms with van der Waals surface area (Å²) in [4.78, 5) is 0. The van der Waals surface area contributed by atoms with Gasteiger partial charge >= 0.3 is 0 Å². The summed E-state index contributed by atoms with van der Waals surface area (Å²) in [5.74, 6) is 1.27. The van der Waals surface area contributed by atoms with E-state index >= 15 is 0 Å². The maximum atomic E-state index is 7.92. The first-order chi connectivity index (χ1) is 5.22. The van der Waals surface area contributed by atoms with E-state index in [-0.39, 0.29) is 6.40 Å². The van der Waals surface area contributed by atoms with Crippen molar-refractivity contribution in [3.8, 4) is 0 Å². The molecule has 0 N–H and O–H groups in total. The summed E-state index contributed by atoms with van der Waals surface area (Å²) < 4.78 is 7.92. The topological polar surface area (TPSA) is 0 Å². The zero-order chi connectivity index (χ0) is 8.27. The van der Waals surface area contributed by atoms with E-state index in [1.807, 2.05) is 0 Å². The van der Waals surface area contributed by atoms with E-state index < -0.39 is 0 Å². The van der Waals surface area contributed by atoms with Gasteiger partial charge in [-0.25, -0.2) is 0 Å². The van der Waals surface area contributed by atoms with Crippen molar-refractivity contribution in [3.63, 3.8) is 0 Å². The van der Waals surface area contributed by atoms with Crippen LogP contribution >= 0.6 is 0 Å². The van der Waals surface area contributed by atoms with Crippen molar-refractivity contribution < 1.29 is 1.37 Å². The molecule has 1 aliphatic rings. The molecular formula is C10H20. The van der Waals surface area contributed by atoms with Crippen LogP contribution in [-0.4, -0.2) is 0 Å². The maximum absolute atomic E-state index is 7.92. The minimum Gasteiger partial charge on any atom is -0.0628 e. The fourth-order valence-corrected chi connectivity index (χ4v) is 1.87. The second-order valence-corrected chi connectivity index (χ2v) is 3.83. The van der Waals surface area contributed by atoms with Crippen molar-refractivity contribution >= 4 is 0 Å². The highest BCUT2D eigenvalue weighted by atomic mass is 14.2. The lowest BCUT2D eigenvalue weighted by molar-refractivity contribution is 0.305. The van der Waals surface area contributed by atoms with Crippen molar-refractivity contribution in [2.75, 3.05) is 0 Å². The van der Waals surface area contributed by atoms with Crippen LogP contribution in [0.4, 0.5) is 0 Å². The Labute approximate surface area is 66.4 Å². The molecule has 1 fully saturated rings. The van der Waals surface area contributed by atoms with Crippen molar-refractivity contribution in [1.29, 1.82) is 0 Å². The molecule has 1 atom stereocenters. The summed E-state index contributed by atoms with van der Waals surface area (Å²) in [5.41, 5.74) is 0. The van der Waals surface area contributed by atoms with Crippen LogP contribution in [0.1, 0.15) is 53.7 Å². The Morgan fingerprint density at radius 1 is 1.30 bits per heavy atom. The first kappa shape index (κ1) is 6.69. The van der Waals surface area contributed by atoms with Gasteiger partial charge in [0.2, 0.25) is 0 Å². The molecule has 0 radical (unpaired) electrons. The molecule has 0 aromatic heterocycles. The van der Waals surface area contributed by atoms with Gasteiger partial charge in [0.25, 0.3) is 0 Å². The lowest BCUT2D eigenvalue weighted by atomic mass is 9.84. The molecular weight excluding hydrogens is 120 g/mol. The summed E-state index contributed by atoms with van der Waals surface area (Å²) in [6, 6.07) is 0. The fourth-order valence-electron chi connectivity index (χ4n) is 1.87. The molecule has 0 aliphatic heterocycles. The molecule has 1 aliphatic carbocycles. The molecule has 0 saturated heterocycles. The predicted molar refractivity (Wildman–Crippen MR) is 46.0 cm³/mol. The molecule has 0 amide bonds. The second kappa shape index (κ2) is 4.00. The Kier molecular flexibility index (Phi) is 2.68. The van der Waals surface area contributed by atoms with Crippen LogP contribution in [0.3, 0.4) is 0 Å². The predicted octanol–water partition coefficient (Wildman–Crippen LogP) is 3.61. The largest absolute Gasteiger partial charge is 0.0628 e. The van der Waals surface area contributed by atoms with E-state index in [0.717, 1.165) is 0 Å². The average molecular weight is 142 g/mol. The third-order valence-electron chi connectivity index (χ3n) is 2.31. The van der Waals surface area contributed by atoms with E-state index in [0.29, 0.717) is 11.8 Å². The molecule has 60 valence electrons. The van der Waals surface area contributed by atoms with Crippen LogP contribution in [0.5, 0.6) is 0 Å². The SMILES string of the molecule is [3H]C(C(C)C)C1CCCCC1. The molecule has 0 heteroatoms. The van der Waals surface area contributed by atoms with Gasteiger partial charge in [-0.05, 0) is 18.2 Å². The normalized spacial score (nSPS) is 26.5. The summed E-state index contributed by atoms with van der Waals surface area (Å²) in [6.45, 7) is 4.35. The van der Waals surface area contributed by atoms with Gasteiger partial charge in [0.05, 0.1) is 0 Å². The number of hydrogen-bond donors (Lipinski definition) is 0. The van der Waals surface area contributed by atoms with Crippen LogP contribution in [0.25, 0.3) is 0 Å². The van der Waals surface area contributed by atoms with E-state index in [4.69, 9.17) is 1.37 Å². The van der Waals surface area contributed by atoms with Crippen molar-refractivity contribution in [2.45, 2.75) is 52.3 Å². The Balaban J connectivity index is 2.32. The average Bonchev–Trinajstić information content (AvgIpc) is 2.05. The molecule has 1 rings (SSSR count). The third kappa shape index (κ3) is 2.72. The van der Waals surface area contributed by atoms with Gasteiger partial charge in [0.1, 0.15) is 0 Å². The lowest BCUT2D eigenvalue weighted by Gasteiger charge is -2.22.